The Kier molecular flexibility index (Phi) is 2.93. The van der Waals surface area contributed by atoms with Crippen LogP contribution in [0.25, 0.3) is 0 Å². The van der Waals surface area contributed by atoms with Crippen LogP contribution in [0.1, 0.15) is 33.3 Å². The molecular formula is C12H16F2. The van der Waals surface area contributed by atoms with Crippen molar-refractivity contribution < 1.29 is 8.78 Å². The van der Waals surface area contributed by atoms with Gasteiger partial charge in [-0.2, -0.15) is 0 Å². The summed E-state index contributed by atoms with van der Waals surface area (Å²) in [5.41, 5.74) is 0.508. The number of hydrogen-bond donors (Lipinski definition) is 0. The van der Waals surface area contributed by atoms with Crippen molar-refractivity contribution in [3.63, 3.8) is 0 Å². The van der Waals surface area contributed by atoms with Gasteiger partial charge in [-0.3, -0.25) is 0 Å². The fourth-order valence-electron chi connectivity index (χ4n) is 1.26. The third-order valence-corrected chi connectivity index (χ3v) is 3.05. The topological polar surface area (TPSA) is 0 Å². The van der Waals surface area contributed by atoms with E-state index in [1.807, 2.05) is 27.7 Å². The summed E-state index contributed by atoms with van der Waals surface area (Å²) in [6.07, 6.45) is 0. The fourth-order valence-corrected chi connectivity index (χ4v) is 1.26. The Bertz CT molecular complexity index is 307. The van der Waals surface area contributed by atoms with E-state index in [4.69, 9.17) is 0 Å². The summed E-state index contributed by atoms with van der Waals surface area (Å²) < 4.78 is 26.0. The molecular weight excluding hydrogens is 182 g/mol. The van der Waals surface area contributed by atoms with E-state index in [2.05, 4.69) is 0 Å². The molecule has 0 heterocycles. The van der Waals surface area contributed by atoms with Crippen LogP contribution < -0.4 is 0 Å². The van der Waals surface area contributed by atoms with Gasteiger partial charge in [0.05, 0.1) is 0 Å². The molecule has 0 radical (unpaired) electrons. The molecule has 0 N–H and O–H groups in total. The quantitative estimate of drug-likeness (QED) is 0.676. The molecule has 1 aromatic carbocycles. The van der Waals surface area contributed by atoms with Gasteiger partial charge in [0.15, 0.2) is 0 Å². The van der Waals surface area contributed by atoms with E-state index in [9.17, 15) is 8.78 Å². The minimum absolute atomic E-state index is 0.205. The first-order valence-corrected chi connectivity index (χ1v) is 4.80. The third-order valence-electron chi connectivity index (χ3n) is 3.05. The summed E-state index contributed by atoms with van der Waals surface area (Å²) in [7, 11) is 0. The largest absolute Gasteiger partial charge is 0.207 e. The molecule has 0 atom stereocenters. The van der Waals surface area contributed by atoms with Gasteiger partial charge in [-0.1, -0.05) is 27.7 Å². The standard InChI is InChI=1S/C12H16F2/c1-8(2)12(3,4)9-5-10(13)7-11(14)6-9/h5-8H,1-4H3. The van der Waals surface area contributed by atoms with Crippen LogP contribution in [-0.2, 0) is 5.41 Å². The van der Waals surface area contributed by atoms with E-state index >= 15 is 0 Å². The first kappa shape index (κ1) is 11.2. The van der Waals surface area contributed by atoms with Gasteiger partial charge in [-0.15, -0.1) is 0 Å². The van der Waals surface area contributed by atoms with Crippen molar-refractivity contribution >= 4 is 0 Å². The average Bonchev–Trinajstić information content (AvgIpc) is 2.01. The predicted molar refractivity (Wildman–Crippen MR) is 54.2 cm³/mol. The number of benzene rings is 1. The maximum absolute atomic E-state index is 13.0. The first-order chi connectivity index (χ1) is 6.34. The van der Waals surface area contributed by atoms with Crippen LogP contribution in [0.3, 0.4) is 0 Å². The lowest BCUT2D eigenvalue weighted by molar-refractivity contribution is 0.368. The minimum atomic E-state index is -0.506. The maximum Gasteiger partial charge on any atom is 0.126 e. The smallest absolute Gasteiger partial charge is 0.126 e. The van der Waals surface area contributed by atoms with Crippen LogP contribution in [0.4, 0.5) is 8.78 Å². The van der Waals surface area contributed by atoms with E-state index < -0.39 is 11.6 Å². The molecule has 78 valence electrons. The Morgan fingerprint density at radius 3 is 1.79 bits per heavy atom. The lowest BCUT2D eigenvalue weighted by Crippen LogP contribution is -2.24. The predicted octanol–water partition coefficient (Wildman–Crippen LogP) is 3.90. The normalized spacial score (nSPS) is 12.2. The van der Waals surface area contributed by atoms with E-state index in [0.29, 0.717) is 11.5 Å². The molecule has 1 rings (SSSR count). The second-order valence-corrected chi connectivity index (χ2v) is 4.53. The molecule has 0 saturated heterocycles. The number of halogens is 2. The monoisotopic (exact) mass is 198 g/mol. The lowest BCUT2D eigenvalue weighted by atomic mass is 9.75. The molecule has 0 bridgehead atoms. The van der Waals surface area contributed by atoms with E-state index in [0.717, 1.165) is 6.07 Å². The van der Waals surface area contributed by atoms with Crippen molar-refractivity contribution in [2.75, 3.05) is 0 Å². The van der Waals surface area contributed by atoms with Gasteiger partial charge in [-0.05, 0) is 29.0 Å². The lowest BCUT2D eigenvalue weighted by Gasteiger charge is -2.29. The molecule has 0 saturated carbocycles. The van der Waals surface area contributed by atoms with Gasteiger partial charge in [0.25, 0.3) is 0 Å². The SMILES string of the molecule is CC(C)C(C)(C)c1cc(F)cc(F)c1. The van der Waals surface area contributed by atoms with Crippen LogP contribution in [0.15, 0.2) is 18.2 Å². The van der Waals surface area contributed by atoms with Gasteiger partial charge in [0.2, 0.25) is 0 Å². The summed E-state index contributed by atoms with van der Waals surface area (Å²) in [6.45, 7) is 8.07. The fraction of sp³-hybridized carbons (Fsp3) is 0.500. The van der Waals surface area contributed by atoms with Gasteiger partial charge in [0.1, 0.15) is 11.6 Å². The molecule has 1 aromatic rings. The summed E-state index contributed by atoms with van der Waals surface area (Å²) in [5.74, 6) is -0.675. The highest BCUT2D eigenvalue weighted by molar-refractivity contribution is 5.26. The van der Waals surface area contributed by atoms with Crippen molar-refractivity contribution in [1.29, 1.82) is 0 Å². The molecule has 14 heavy (non-hydrogen) atoms. The van der Waals surface area contributed by atoms with Gasteiger partial charge >= 0.3 is 0 Å². The highest BCUT2D eigenvalue weighted by Crippen LogP contribution is 2.31. The summed E-state index contributed by atoms with van der Waals surface area (Å²) in [5, 5.41) is 0. The molecule has 0 aliphatic heterocycles. The number of hydrogen-bond acceptors (Lipinski definition) is 0. The Hall–Kier alpha value is -0.920. The molecule has 0 fully saturated rings. The molecule has 0 amide bonds. The molecule has 2 heteroatoms. The Labute approximate surface area is 84.0 Å². The highest BCUT2D eigenvalue weighted by Gasteiger charge is 2.25. The van der Waals surface area contributed by atoms with Crippen molar-refractivity contribution in [1.82, 2.24) is 0 Å². The molecule has 0 aromatic heterocycles. The molecule has 0 aliphatic rings. The van der Waals surface area contributed by atoms with Crippen LogP contribution in [0.5, 0.6) is 0 Å². The van der Waals surface area contributed by atoms with Crippen molar-refractivity contribution in [2.24, 2.45) is 5.92 Å². The zero-order valence-corrected chi connectivity index (χ0v) is 9.07. The molecule has 0 unspecified atom stereocenters. The maximum atomic E-state index is 13.0. The van der Waals surface area contributed by atoms with E-state index in [-0.39, 0.29) is 5.41 Å². The van der Waals surface area contributed by atoms with Crippen molar-refractivity contribution in [3.8, 4) is 0 Å². The van der Waals surface area contributed by atoms with Gasteiger partial charge < -0.3 is 0 Å². The average molecular weight is 198 g/mol. The van der Waals surface area contributed by atoms with Crippen molar-refractivity contribution in [3.05, 3.63) is 35.4 Å². The highest BCUT2D eigenvalue weighted by atomic mass is 19.1. The van der Waals surface area contributed by atoms with Gasteiger partial charge in [0, 0.05) is 6.07 Å². The summed E-state index contributed by atoms with van der Waals surface area (Å²) >= 11 is 0. The van der Waals surface area contributed by atoms with Gasteiger partial charge in [-0.25, -0.2) is 8.78 Å². The Morgan fingerprint density at radius 2 is 1.43 bits per heavy atom. The summed E-state index contributed by atoms with van der Waals surface area (Å²) in [6, 6.07) is 3.71. The molecule has 0 nitrogen and oxygen atoms in total. The Balaban J connectivity index is 3.18. The van der Waals surface area contributed by atoms with E-state index in [1.54, 1.807) is 0 Å². The second kappa shape index (κ2) is 3.68. The first-order valence-electron chi connectivity index (χ1n) is 4.80. The van der Waals surface area contributed by atoms with Crippen LogP contribution in [0, 0.1) is 17.6 Å². The number of rotatable bonds is 2. The van der Waals surface area contributed by atoms with Crippen LogP contribution in [-0.4, -0.2) is 0 Å². The Morgan fingerprint density at radius 1 is 1.00 bits per heavy atom. The molecule has 0 aliphatic carbocycles. The summed E-state index contributed by atoms with van der Waals surface area (Å²) in [4.78, 5) is 0. The second-order valence-electron chi connectivity index (χ2n) is 4.53. The van der Waals surface area contributed by atoms with Crippen molar-refractivity contribution in [2.45, 2.75) is 33.1 Å². The van der Waals surface area contributed by atoms with Crippen LogP contribution in [0.2, 0.25) is 0 Å². The zero-order valence-electron chi connectivity index (χ0n) is 9.07. The van der Waals surface area contributed by atoms with Crippen LogP contribution >= 0.6 is 0 Å². The molecule has 0 spiro atoms. The third kappa shape index (κ3) is 2.11. The minimum Gasteiger partial charge on any atom is -0.207 e. The zero-order chi connectivity index (χ0) is 10.9. The van der Waals surface area contributed by atoms with E-state index in [1.165, 1.54) is 12.1 Å².